The van der Waals surface area contributed by atoms with Gasteiger partial charge in [-0.1, -0.05) is 37.3 Å². The smallest absolute Gasteiger partial charge is 0.232 e. The molecule has 1 aromatic carbocycles. The molecule has 3 heteroatoms. The highest BCUT2D eigenvalue weighted by atomic mass is 16.2. The maximum absolute atomic E-state index is 11.6. The maximum Gasteiger partial charge on any atom is 0.232 e. The van der Waals surface area contributed by atoms with Gasteiger partial charge in [-0.05, 0) is 12.0 Å². The third-order valence-corrected chi connectivity index (χ3v) is 2.94. The number of nitrogens with zero attached hydrogens (tertiary/aromatic N) is 1. The van der Waals surface area contributed by atoms with Gasteiger partial charge in [0.1, 0.15) is 0 Å². The van der Waals surface area contributed by atoms with E-state index in [-0.39, 0.29) is 17.7 Å². The lowest BCUT2D eigenvalue weighted by Crippen LogP contribution is -2.32. The molecule has 0 unspecified atom stereocenters. The second kappa shape index (κ2) is 4.47. The number of likely N-dealkylation sites (tertiary alicyclic amines) is 1. The Labute approximate surface area is 95.1 Å². The van der Waals surface area contributed by atoms with Crippen LogP contribution < -0.4 is 0 Å². The topological polar surface area (TPSA) is 37.4 Å². The first-order valence-corrected chi connectivity index (χ1v) is 5.56. The van der Waals surface area contributed by atoms with Crippen LogP contribution in [-0.4, -0.2) is 23.3 Å². The average molecular weight is 217 g/mol. The van der Waals surface area contributed by atoms with Crippen molar-refractivity contribution in [3.05, 3.63) is 35.9 Å². The summed E-state index contributed by atoms with van der Waals surface area (Å²) in [5.41, 5.74) is 1.16. The van der Waals surface area contributed by atoms with E-state index in [1.54, 1.807) is 0 Å². The van der Waals surface area contributed by atoms with Crippen molar-refractivity contribution >= 4 is 11.8 Å². The van der Waals surface area contributed by atoms with E-state index < -0.39 is 0 Å². The summed E-state index contributed by atoms with van der Waals surface area (Å²) in [7, 11) is 0. The molecular formula is C13H15NO2. The Hall–Kier alpha value is -1.64. The number of carbonyl (C=O) groups is 2. The minimum atomic E-state index is -0.136. The molecular weight excluding hydrogens is 202 g/mol. The summed E-state index contributed by atoms with van der Waals surface area (Å²) in [5.74, 6) is -0.197. The predicted octanol–water partition coefficient (Wildman–Crippen LogP) is 1.62. The molecule has 1 aliphatic heterocycles. The number of hydrogen-bond acceptors (Lipinski definition) is 2. The lowest BCUT2D eigenvalue weighted by atomic mass is 10.1. The molecule has 0 saturated carbocycles. The number of carbonyl (C=O) groups excluding carboxylic acids is 2. The molecule has 3 nitrogen and oxygen atoms in total. The van der Waals surface area contributed by atoms with Gasteiger partial charge in [0.15, 0.2) is 0 Å². The molecule has 1 fully saturated rings. The molecule has 2 rings (SSSR count). The number of benzene rings is 1. The van der Waals surface area contributed by atoms with Gasteiger partial charge in [0, 0.05) is 18.9 Å². The molecule has 84 valence electrons. The summed E-state index contributed by atoms with van der Waals surface area (Å²) in [5, 5.41) is 0. The van der Waals surface area contributed by atoms with Crippen molar-refractivity contribution in [3.8, 4) is 0 Å². The normalized spacial score (nSPS) is 20.6. The molecule has 0 aromatic heterocycles. The molecule has 1 heterocycles. The van der Waals surface area contributed by atoms with Crippen LogP contribution in [0.15, 0.2) is 30.3 Å². The SMILES string of the molecule is C[C@@H]1CC(=O)N(CCc2ccccc2)C1=O. The molecule has 2 amide bonds. The van der Waals surface area contributed by atoms with Crippen LogP contribution in [0.4, 0.5) is 0 Å². The summed E-state index contributed by atoms with van der Waals surface area (Å²) in [4.78, 5) is 24.6. The Morgan fingerprint density at radius 1 is 1.25 bits per heavy atom. The van der Waals surface area contributed by atoms with Crippen molar-refractivity contribution in [1.29, 1.82) is 0 Å². The van der Waals surface area contributed by atoms with E-state index >= 15 is 0 Å². The quantitative estimate of drug-likeness (QED) is 0.721. The van der Waals surface area contributed by atoms with Gasteiger partial charge < -0.3 is 0 Å². The number of imide groups is 1. The average Bonchev–Trinajstić information content (AvgIpc) is 2.53. The highest BCUT2D eigenvalue weighted by molar-refractivity contribution is 6.03. The second-order valence-corrected chi connectivity index (χ2v) is 4.22. The van der Waals surface area contributed by atoms with Crippen LogP contribution in [-0.2, 0) is 16.0 Å². The van der Waals surface area contributed by atoms with Gasteiger partial charge in [-0.3, -0.25) is 14.5 Å². The summed E-state index contributed by atoms with van der Waals surface area (Å²) < 4.78 is 0. The van der Waals surface area contributed by atoms with Gasteiger partial charge in [0.25, 0.3) is 0 Å². The molecule has 1 aromatic rings. The van der Waals surface area contributed by atoms with E-state index in [9.17, 15) is 9.59 Å². The van der Waals surface area contributed by atoms with Crippen LogP contribution in [0.3, 0.4) is 0 Å². The fraction of sp³-hybridized carbons (Fsp3) is 0.385. The fourth-order valence-corrected chi connectivity index (χ4v) is 1.97. The Bertz CT molecular complexity index is 400. The van der Waals surface area contributed by atoms with E-state index in [1.807, 2.05) is 37.3 Å². The van der Waals surface area contributed by atoms with Gasteiger partial charge >= 0.3 is 0 Å². The predicted molar refractivity (Wildman–Crippen MR) is 60.6 cm³/mol. The zero-order valence-corrected chi connectivity index (χ0v) is 9.35. The van der Waals surface area contributed by atoms with Crippen LogP contribution in [0.25, 0.3) is 0 Å². The van der Waals surface area contributed by atoms with Gasteiger partial charge in [0.05, 0.1) is 0 Å². The number of rotatable bonds is 3. The largest absolute Gasteiger partial charge is 0.282 e. The Kier molecular flexibility index (Phi) is 3.04. The van der Waals surface area contributed by atoms with Crippen molar-refractivity contribution in [2.45, 2.75) is 19.8 Å². The summed E-state index contributed by atoms with van der Waals surface area (Å²) in [6.07, 6.45) is 1.11. The first-order valence-electron chi connectivity index (χ1n) is 5.56. The second-order valence-electron chi connectivity index (χ2n) is 4.22. The van der Waals surface area contributed by atoms with Gasteiger partial charge in [0.2, 0.25) is 11.8 Å². The van der Waals surface area contributed by atoms with Crippen LogP contribution in [0, 0.1) is 5.92 Å². The van der Waals surface area contributed by atoms with E-state index in [4.69, 9.17) is 0 Å². The van der Waals surface area contributed by atoms with Crippen molar-refractivity contribution in [3.63, 3.8) is 0 Å². The number of amides is 2. The molecule has 0 aliphatic carbocycles. The van der Waals surface area contributed by atoms with Crippen LogP contribution in [0.1, 0.15) is 18.9 Å². The van der Waals surface area contributed by atoms with Gasteiger partial charge in [-0.15, -0.1) is 0 Å². The van der Waals surface area contributed by atoms with Crippen LogP contribution in [0.5, 0.6) is 0 Å². The first kappa shape index (κ1) is 10.9. The molecule has 16 heavy (non-hydrogen) atoms. The fourth-order valence-electron chi connectivity index (χ4n) is 1.97. The van der Waals surface area contributed by atoms with E-state index in [0.29, 0.717) is 13.0 Å². The zero-order chi connectivity index (χ0) is 11.5. The maximum atomic E-state index is 11.6. The summed E-state index contributed by atoms with van der Waals surface area (Å²) in [6, 6.07) is 9.90. The Morgan fingerprint density at radius 3 is 2.50 bits per heavy atom. The highest BCUT2D eigenvalue weighted by Gasteiger charge is 2.34. The zero-order valence-electron chi connectivity index (χ0n) is 9.35. The molecule has 1 saturated heterocycles. The Balaban J connectivity index is 1.96. The monoisotopic (exact) mass is 217 g/mol. The Morgan fingerprint density at radius 2 is 1.94 bits per heavy atom. The van der Waals surface area contributed by atoms with Crippen LogP contribution in [0.2, 0.25) is 0 Å². The van der Waals surface area contributed by atoms with Gasteiger partial charge in [-0.2, -0.15) is 0 Å². The van der Waals surface area contributed by atoms with Crippen molar-refractivity contribution in [2.75, 3.05) is 6.54 Å². The molecule has 0 radical (unpaired) electrons. The lowest BCUT2D eigenvalue weighted by Gasteiger charge is -2.13. The van der Waals surface area contributed by atoms with Gasteiger partial charge in [-0.25, -0.2) is 0 Å². The molecule has 0 N–H and O–H groups in total. The van der Waals surface area contributed by atoms with Crippen molar-refractivity contribution in [1.82, 2.24) is 4.90 Å². The number of hydrogen-bond donors (Lipinski definition) is 0. The minimum absolute atomic E-state index is 0.0269. The summed E-state index contributed by atoms with van der Waals surface area (Å²) in [6.45, 7) is 2.31. The molecule has 0 bridgehead atoms. The highest BCUT2D eigenvalue weighted by Crippen LogP contribution is 2.18. The van der Waals surface area contributed by atoms with E-state index in [1.165, 1.54) is 4.90 Å². The minimum Gasteiger partial charge on any atom is -0.282 e. The summed E-state index contributed by atoms with van der Waals surface area (Å²) >= 11 is 0. The standard InChI is InChI=1S/C13H15NO2/c1-10-9-12(15)14(13(10)16)8-7-11-5-3-2-4-6-11/h2-6,10H,7-9H2,1H3/t10-/m1/s1. The van der Waals surface area contributed by atoms with E-state index in [0.717, 1.165) is 12.0 Å². The third kappa shape index (κ3) is 2.13. The van der Waals surface area contributed by atoms with Crippen molar-refractivity contribution < 1.29 is 9.59 Å². The lowest BCUT2D eigenvalue weighted by molar-refractivity contribution is -0.139. The first-order chi connectivity index (χ1) is 7.68. The molecule has 1 atom stereocenters. The van der Waals surface area contributed by atoms with Crippen LogP contribution >= 0.6 is 0 Å². The molecule has 0 spiro atoms. The van der Waals surface area contributed by atoms with E-state index in [2.05, 4.69) is 0 Å². The third-order valence-electron chi connectivity index (χ3n) is 2.94. The van der Waals surface area contributed by atoms with Crippen molar-refractivity contribution in [2.24, 2.45) is 5.92 Å². The molecule has 1 aliphatic rings.